The molecule has 0 aromatic heterocycles. The van der Waals surface area contributed by atoms with Gasteiger partial charge in [0, 0.05) is 0 Å². The van der Waals surface area contributed by atoms with E-state index in [-0.39, 0.29) is 5.57 Å². The van der Waals surface area contributed by atoms with Crippen LogP contribution in [0.1, 0.15) is 34.6 Å². The largest absolute Gasteiger partial charge is 0.393 e. The Labute approximate surface area is 117 Å². The zero-order valence-electron chi connectivity index (χ0n) is 12.3. The monoisotopic (exact) mass is 284 g/mol. The third kappa shape index (κ3) is 1.65. The van der Waals surface area contributed by atoms with E-state index in [1.54, 1.807) is 0 Å². The van der Waals surface area contributed by atoms with Crippen molar-refractivity contribution in [2.75, 3.05) is 6.61 Å². The molecule has 2 atom stereocenters. The third-order valence-corrected chi connectivity index (χ3v) is 4.28. The number of ketones is 2. The molecule has 1 aliphatic heterocycles. The smallest absolute Gasteiger partial charge is 0.240 e. The lowest BCUT2D eigenvalue weighted by molar-refractivity contribution is -0.466. The molecule has 0 saturated heterocycles. The Morgan fingerprint density at radius 2 is 1.65 bits per heavy atom. The Kier molecular flexibility index (Phi) is 3.04. The number of carbonyl (C=O) groups excluding carboxylic acids is 2. The van der Waals surface area contributed by atoms with Gasteiger partial charge in [0.05, 0.1) is 23.0 Å². The van der Waals surface area contributed by atoms with Crippen LogP contribution in [0.3, 0.4) is 0 Å². The van der Waals surface area contributed by atoms with Gasteiger partial charge in [-0.2, -0.15) is 4.89 Å². The molecule has 6 nitrogen and oxygen atoms in total. The molecule has 1 fully saturated rings. The van der Waals surface area contributed by atoms with Crippen LogP contribution < -0.4 is 0 Å². The van der Waals surface area contributed by atoms with E-state index in [4.69, 9.17) is 9.78 Å². The van der Waals surface area contributed by atoms with Crippen LogP contribution in [0.25, 0.3) is 0 Å². The first-order valence-electron chi connectivity index (χ1n) is 6.45. The minimum absolute atomic E-state index is 0.0464. The topological polar surface area (TPSA) is 93.1 Å². The molecule has 2 rings (SSSR count). The quantitative estimate of drug-likeness (QED) is 0.538. The minimum Gasteiger partial charge on any atom is -0.393 e. The van der Waals surface area contributed by atoms with Crippen LogP contribution in [0.4, 0.5) is 0 Å². The summed E-state index contributed by atoms with van der Waals surface area (Å²) in [6.07, 6.45) is 1.34. The van der Waals surface area contributed by atoms with E-state index in [9.17, 15) is 19.8 Å². The van der Waals surface area contributed by atoms with Gasteiger partial charge < -0.3 is 10.2 Å². The Morgan fingerprint density at radius 1 is 1.10 bits per heavy atom. The predicted molar refractivity (Wildman–Crippen MR) is 68.3 cm³/mol. The number of fused-ring (bicyclic) bond motifs is 1. The molecular weight excluding hydrogens is 264 g/mol. The lowest BCUT2D eigenvalue weighted by Gasteiger charge is -2.52. The Bertz CT molecular complexity index is 518. The van der Waals surface area contributed by atoms with Crippen molar-refractivity contribution < 1.29 is 29.6 Å². The lowest BCUT2D eigenvalue weighted by Crippen LogP contribution is -2.66. The van der Waals surface area contributed by atoms with Crippen LogP contribution in [0, 0.1) is 10.8 Å². The third-order valence-electron chi connectivity index (χ3n) is 4.28. The van der Waals surface area contributed by atoms with Crippen molar-refractivity contribution >= 4 is 11.6 Å². The van der Waals surface area contributed by atoms with E-state index >= 15 is 0 Å². The van der Waals surface area contributed by atoms with E-state index in [0.29, 0.717) is 0 Å². The van der Waals surface area contributed by atoms with Crippen molar-refractivity contribution in [3.63, 3.8) is 0 Å². The van der Waals surface area contributed by atoms with E-state index < -0.39 is 40.4 Å². The molecule has 0 aromatic carbocycles. The predicted octanol–water partition coefficient (Wildman–Crippen LogP) is 0.518. The molecule has 1 aliphatic carbocycles. The fourth-order valence-corrected chi connectivity index (χ4v) is 2.73. The number of hydrogen-bond donors (Lipinski definition) is 2. The lowest BCUT2D eigenvalue weighted by atomic mass is 9.57. The van der Waals surface area contributed by atoms with Gasteiger partial charge in [0.15, 0.2) is 11.6 Å². The Morgan fingerprint density at radius 3 is 2.15 bits per heavy atom. The van der Waals surface area contributed by atoms with Gasteiger partial charge in [-0.3, -0.25) is 9.59 Å². The SMILES string of the molecule is CC1(C)C(=O)C2=C[C@@](C)(CO)OO[C@]2(O)C(C)(C)C1=O. The summed E-state index contributed by atoms with van der Waals surface area (Å²) in [6.45, 7) is 7.14. The molecule has 0 amide bonds. The summed E-state index contributed by atoms with van der Waals surface area (Å²) < 4.78 is 0. The van der Waals surface area contributed by atoms with Gasteiger partial charge >= 0.3 is 0 Å². The normalized spacial score (nSPS) is 39.2. The molecule has 2 aliphatic rings. The molecule has 6 heteroatoms. The number of carbonyl (C=O) groups is 2. The highest BCUT2D eigenvalue weighted by Crippen LogP contribution is 2.52. The number of aliphatic hydroxyl groups excluding tert-OH is 1. The Balaban J connectivity index is 2.69. The van der Waals surface area contributed by atoms with Crippen molar-refractivity contribution in [2.45, 2.75) is 46.0 Å². The molecule has 112 valence electrons. The van der Waals surface area contributed by atoms with Crippen molar-refractivity contribution in [1.82, 2.24) is 0 Å². The van der Waals surface area contributed by atoms with Crippen LogP contribution in [0.5, 0.6) is 0 Å². The maximum absolute atomic E-state index is 12.5. The van der Waals surface area contributed by atoms with Crippen LogP contribution in [0.2, 0.25) is 0 Å². The fraction of sp³-hybridized carbons (Fsp3) is 0.714. The van der Waals surface area contributed by atoms with Gasteiger partial charge in [0.1, 0.15) is 5.60 Å². The van der Waals surface area contributed by atoms with Crippen molar-refractivity contribution in [2.24, 2.45) is 10.8 Å². The second-order valence-corrected chi connectivity index (χ2v) is 6.75. The Hall–Kier alpha value is -1.08. The van der Waals surface area contributed by atoms with Crippen molar-refractivity contribution in [3.05, 3.63) is 11.6 Å². The van der Waals surface area contributed by atoms with Gasteiger partial charge in [-0.05, 0) is 40.7 Å². The van der Waals surface area contributed by atoms with Crippen LogP contribution in [-0.2, 0) is 19.4 Å². The molecule has 0 aromatic rings. The maximum Gasteiger partial charge on any atom is 0.240 e. The molecule has 1 saturated carbocycles. The summed E-state index contributed by atoms with van der Waals surface area (Å²) in [4.78, 5) is 35.0. The highest BCUT2D eigenvalue weighted by Gasteiger charge is 2.67. The first-order chi connectivity index (χ1) is 8.92. The van der Waals surface area contributed by atoms with Gasteiger partial charge in [-0.15, -0.1) is 0 Å². The summed E-state index contributed by atoms with van der Waals surface area (Å²) >= 11 is 0. The van der Waals surface area contributed by atoms with Gasteiger partial charge in [-0.25, -0.2) is 4.89 Å². The van der Waals surface area contributed by atoms with Gasteiger partial charge in [0.2, 0.25) is 5.79 Å². The van der Waals surface area contributed by atoms with E-state index in [0.717, 1.165) is 0 Å². The average Bonchev–Trinajstić information content (AvgIpc) is 2.38. The van der Waals surface area contributed by atoms with Crippen LogP contribution in [0.15, 0.2) is 11.6 Å². The molecule has 0 bridgehead atoms. The number of aliphatic hydroxyl groups is 2. The summed E-state index contributed by atoms with van der Waals surface area (Å²) in [6, 6.07) is 0. The summed E-state index contributed by atoms with van der Waals surface area (Å²) in [5, 5.41) is 20.0. The van der Waals surface area contributed by atoms with Gasteiger partial charge in [0.25, 0.3) is 0 Å². The molecule has 2 N–H and O–H groups in total. The highest BCUT2D eigenvalue weighted by molar-refractivity contribution is 6.19. The second-order valence-electron chi connectivity index (χ2n) is 6.75. The minimum atomic E-state index is -2.15. The summed E-state index contributed by atoms with van der Waals surface area (Å²) in [7, 11) is 0. The molecular formula is C14H20O6. The van der Waals surface area contributed by atoms with E-state index in [1.807, 2.05) is 0 Å². The molecule has 0 spiro atoms. The zero-order valence-corrected chi connectivity index (χ0v) is 12.3. The summed E-state index contributed by atoms with van der Waals surface area (Å²) in [5.41, 5.74) is -3.90. The zero-order chi connectivity index (χ0) is 15.6. The highest BCUT2D eigenvalue weighted by atomic mass is 17.2. The number of hydrogen-bond acceptors (Lipinski definition) is 6. The molecule has 20 heavy (non-hydrogen) atoms. The first kappa shape index (κ1) is 15.3. The van der Waals surface area contributed by atoms with Gasteiger partial charge in [-0.1, -0.05) is 0 Å². The van der Waals surface area contributed by atoms with E-state index in [2.05, 4.69) is 0 Å². The average molecular weight is 284 g/mol. The standard InChI is InChI=1S/C14H20O6/c1-11(2)9(16)8-6-13(5,7-15)19-20-14(8,18)12(3,4)10(11)17/h6,15,18H,7H2,1-5H3/t13-,14-/m0/s1. The fourth-order valence-electron chi connectivity index (χ4n) is 2.73. The summed E-state index contributed by atoms with van der Waals surface area (Å²) in [5.74, 6) is -3.09. The van der Waals surface area contributed by atoms with Crippen LogP contribution >= 0.6 is 0 Å². The molecule has 0 radical (unpaired) electrons. The number of Topliss-reactive ketones (excluding diaryl/α,β-unsaturated/α-hetero) is 2. The first-order valence-corrected chi connectivity index (χ1v) is 6.45. The van der Waals surface area contributed by atoms with Crippen molar-refractivity contribution in [3.8, 4) is 0 Å². The van der Waals surface area contributed by atoms with E-state index in [1.165, 1.54) is 40.7 Å². The molecule has 1 heterocycles. The maximum atomic E-state index is 12.5. The van der Waals surface area contributed by atoms with Crippen molar-refractivity contribution in [1.29, 1.82) is 0 Å². The molecule has 0 unspecified atom stereocenters. The number of rotatable bonds is 1. The van der Waals surface area contributed by atoms with Crippen LogP contribution in [-0.4, -0.2) is 39.8 Å². The second kappa shape index (κ2) is 3.98.